The number of ether oxygens (including phenoxy) is 1. The van der Waals surface area contributed by atoms with Crippen LogP contribution in [0.3, 0.4) is 0 Å². The van der Waals surface area contributed by atoms with Crippen molar-refractivity contribution in [3.05, 3.63) is 59.4 Å². The Bertz CT molecular complexity index is 885. The van der Waals surface area contributed by atoms with E-state index in [9.17, 15) is 14.0 Å². The molecule has 0 radical (unpaired) electrons. The number of imide groups is 1. The van der Waals surface area contributed by atoms with Gasteiger partial charge in [0.2, 0.25) is 0 Å². The Hall–Kier alpha value is -2.93. The predicted molar refractivity (Wildman–Crippen MR) is 105 cm³/mol. The molecule has 0 aliphatic carbocycles. The molecule has 28 heavy (non-hydrogen) atoms. The van der Waals surface area contributed by atoms with E-state index >= 15 is 0 Å². The van der Waals surface area contributed by atoms with Crippen LogP contribution in [0, 0.1) is 12.7 Å². The van der Waals surface area contributed by atoms with Crippen LogP contribution in [0.15, 0.2) is 42.5 Å². The molecule has 2 aromatic carbocycles. The molecule has 1 atom stereocenters. The molecule has 0 N–H and O–H groups in total. The third kappa shape index (κ3) is 3.84. The quantitative estimate of drug-likeness (QED) is 0.716. The maximum absolute atomic E-state index is 13.9. The number of benzene rings is 2. The second-order valence-corrected chi connectivity index (χ2v) is 7.05. The van der Waals surface area contributed by atoms with Crippen molar-refractivity contribution in [3.63, 3.8) is 0 Å². The van der Waals surface area contributed by atoms with Crippen molar-refractivity contribution < 1.29 is 18.7 Å². The molecule has 7 heteroatoms. The first-order valence-corrected chi connectivity index (χ1v) is 9.04. The number of halogens is 1. The van der Waals surface area contributed by atoms with E-state index in [2.05, 4.69) is 0 Å². The van der Waals surface area contributed by atoms with Crippen molar-refractivity contribution in [2.24, 2.45) is 0 Å². The van der Waals surface area contributed by atoms with Gasteiger partial charge < -0.3 is 4.74 Å². The normalized spacial score (nSPS) is 17.0. The van der Waals surface area contributed by atoms with Gasteiger partial charge in [0, 0.05) is 12.2 Å². The molecule has 3 amide bonds. The summed E-state index contributed by atoms with van der Waals surface area (Å²) in [6.45, 7) is 4.20. The fourth-order valence-electron chi connectivity index (χ4n) is 3.31. The summed E-state index contributed by atoms with van der Waals surface area (Å²) >= 11 is 0. The summed E-state index contributed by atoms with van der Waals surface area (Å²) in [5.74, 6) is -0.516. The van der Waals surface area contributed by atoms with E-state index in [0.29, 0.717) is 12.2 Å². The highest BCUT2D eigenvalue weighted by atomic mass is 19.1. The molecule has 1 heterocycles. The second-order valence-electron chi connectivity index (χ2n) is 7.05. The lowest BCUT2D eigenvalue weighted by atomic mass is 10.2. The van der Waals surface area contributed by atoms with E-state index < -0.39 is 11.9 Å². The Labute approximate surface area is 164 Å². The van der Waals surface area contributed by atoms with E-state index in [4.69, 9.17) is 4.74 Å². The van der Waals surface area contributed by atoms with Gasteiger partial charge in [0.25, 0.3) is 5.91 Å². The van der Waals surface area contributed by atoms with Gasteiger partial charge in [-0.05, 0) is 50.7 Å². The average Bonchev–Trinajstić information content (AvgIpc) is 2.86. The summed E-state index contributed by atoms with van der Waals surface area (Å²) < 4.78 is 18.8. The average molecular weight is 385 g/mol. The van der Waals surface area contributed by atoms with Gasteiger partial charge in [-0.3, -0.25) is 14.6 Å². The number of aryl methyl sites for hydroxylation is 1. The van der Waals surface area contributed by atoms with Crippen LogP contribution in [0.5, 0.6) is 5.75 Å². The van der Waals surface area contributed by atoms with Crippen LogP contribution in [0.2, 0.25) is 0 Å². The molecule has 2 aromatic rings. The van der Waals surface area contributed by atoms with E-state index in [1.54, 1.807) is 31.0 Å². The zero-order valence-electron chi connectivity index (χ0n) is 16.5. The van der Waals surface area contributed by atoms with Crippen molar-refractivity contribution in [1.29, 1.82) is 0 Å². The largest absolute Gasteiger partial charge is 0.494 e. The number of urea groups is 1. The van der Waals surface area contributed by atoms with E-state index in [-0.39, 0.29) is 24.4 Å². The van der Waals surface area contributed by atoms with Gasteiger partial charge in [0.15, 0.2) is 11.6 Å². The Balaban J connectivity index is 1.71. The maximum Gasteiger partial charge on any atom is 0.333 e. The van der Waals surface area contributed by atoms with Crippen LogP contribution in [0.1, 0.15) is 18.1 Å². The molecule has 0 bridgehead atoms. The molecule has 1 saturated heterocycles. The van der Waals surface area contributed by atoms with Crippen LogP contribution in [-0.4, -0.2) is 48.6 Å². The Morgan fingerprint density at radius 1 is 1.14 bits per heavy atom. The van der Waals surface area contributed by atoms with E-state index in [1.807, 2.05) is 31.2 Å². The summed E-state index contributed by atoms with van der Waals surface area (Å²) in [4.78, 5) is 30.0. The lowest BCUT2D eigenvalue weighted by Gasteiger charge is -2.23. The molecule has 0 saturated carbocycles. The van der Waals surface area contributed by atoms with Crippen LogP contribution < -0.4 is 9.64 Å². The third-order valence-electron chi connectivity index (χ3n) is 4.81. The summed E-state index contributed by atoms with van der Waals surface area (Å²) in [7, 11) is 3.19. The highest BCUT2D eigenvalue weighted by Gasteiger charge is 2.43. The number of carbonyl (C=O) groups excluding carboxylic acids is 2. The standard InChI is InChI=1S/C21H24FN3O3/c1-14-5-8-17(9-6-14)25-15(2)20(26)24(21(25)27)13-23(3)12-16-7-10-19(28-4)18(22)11-16/h5-11,15H,12-13H2,1-4H3/t15-/m0/s1. The molecule has 0 aromatic heterocycles. The number of nitrogens with zero attached hydrogens (tertiary/aromatic N) is 3. The maximum atomic E-state index is 13.9. The van der Waals surface area contributed by atoms with Gasteiger partial charge in [-0.15, -0.1) is 0 Å². The first-order chi connectivity index (χ1) is 13.3. The molecule has 0 unspecified atom stereocenters. The number of carbonyl (C=O) groups is 2. The van der Waals surface area contributed by atoms with Gasteiger partial charge >= 0.3 is 6.03 Å². The first-order valence-electron chi connectivity index (χ1n) is 9.04. The smallest absolute Gasteiger partial charge is 0.333 e. The highest BCUT2D eigenvalue weighted by Crippen LogP contribution is 2.26. The van der Waals surface area contributed by atoms with E-state index in [0.717, 1.165) is 11.1 Å². The zero-order valence-corrected chi connectivity index (χ0v) is 16.5. The summed E-state index contributed by atoms with van der Waals surface area (Å²) in [5.41, 5.74) is 2.50. The molecule has 3 rings (SSSR count). The topological polar surface area (TPSA) is 53.1 Å². The number of methoxy groups -OCH3 is 1. The fraction of sp³-hybridized carbons (Fsp3) is 0.333. The minimum Gasteiger partial charge on any atom is -0.494 e. The number of anilines is 1. The highest BCUT2D eigenvalue weighted by molar-refractivity contribution is 6.14. The van der Waals surface area contributed by atoms with Gasteiger partial charge in [-0.1, -0.05) is 23.8 Å². The second kappa shape index (κ2) is 7.98. The SMILES string of the molecule is COc1ccc(CN(C)CN2C(=O)[C@H](C)N(c3ccc(C)cc3)C2=O)cc1F. The van der Waals surface area contributed by atoms with Gasteiger partial charge in [0.1, 0.15) is 6.04 Å². The molecule has 1 aliphatic rings. The molecule has 0 spiro atoms. The fourth-order valence-corrected chi connectivity index (χ4v) is 3.31. The van der Waals surface area contributed by atoms with Gasteiger partial charge in [-0.25, -0.2) is 14.1 Å². The minimum atomic E-state index is -0.568. The van der Waals surface area contributed by atoms with Gasteiger partial charge in [-0.2, -0.15) is 0 Å². The van der Waals surface area contributed by atoms with Gasteiger partial charge in [0.05, 0.1) is 13.8 Å². The first kappa shape index (κ1) is 19.8. The van der Waals surface area contributed by atoms with Crippen molar-refractivity contribution in [3.8, 4) is 5.75 Å². The van der Waals surface area contributed by atoms with Crippen LogP contribution in [-0.2, 0) is 11.3 Å². The lowest BCUT2D eigenvalue weighted by molar-refractivity contribution is -0.128. The Morgan fingerprint density at radius 2 is 1.82 bits per heavy atom. The minimum absolute atomic E-state index is 0.123. The van der Waals surface area contributed by atoms with Crippen LogP contribution in [0.25, 0.3) is 0 Å². The molecule has 1 fully saturated rings. The lowest BCUT2D eigenvalue weighted by Crippen LogP contribution is -2.40. The van der Waals surface area contributed by atoms with Crippen molar-refractivity contribution >= 4 is 17.6 Å². The third-order valence-corrected chi connectivity index (χ3v) is 4.81. The van der Waals surface area contributed by atoms with E-state index in [1.165, 1.54) is 23.0 Å². The summed E-state index contributed by atoms with van der Waals surface area (Å²) in [5, 5.41) is 0. The zero-order chi connectivity index (χ0) is 20.4. The predicted octanol–water partition coefficient (Wildman–Crippen LogP) is 3.39. The molecule has 1 aliphatic heterocycles. The summed E-state index contributed by atoms with van der Waals surface area (Å²) in [6, 6.07) is 11.3. The molecular weight excluding hydrogens is 361 g/mol. The molecule has 6 nitrogen and oxygen atoms in total. The van der Waals surface area contributed by atoms with Crippen LogP contribution in [0.4, 0.5) is 14.9 Å². The number of amides is 3. The van der Waals surface area contributed by atoms with Crippen molar-refractivity contribution in [2.45, 2.75) is 26.4 Å². The van der Waals surface area contributed by atoms with Crippen molar-refractivity contribution in [2.75, 3.05) is 25.7 Å². The molecule has 148 valence electrons. The Morgan fingerprint density at radius 3 is 2.43 bits per heavy atom. The summed E-state index contributed by atoms with van der Waals surface area (Å²) in [6.07, 6.45) is 0. The number of hydrogen-bond donors (Lipinski definition) is 0. The van der Waals surface area contributed by atoms with Crippen molar-refractivity contribution in [1.82, 2.24) is 9.80 Å². The number of rotatable bonds is 6. The monoisotopic (exact) mass is 385 g/mol. The van der Waals surface area contributed by atoms with Crippen LogP contribution >= 0.6 is 0 Å². The number of hydrogen-bond acceptors (Lipinski definition) is 4. The Kier molecular flexibility index (Phi) is 5.65. The molecular formula is C21H24FN3O3.